The van der Waals surface area contributed by atoms with Crippen LogP contribution in [-0.4, -0.2) is 51.4 Å². The van der Waals surface area contributed by atoms with E-state index < -0.39 is 11.9 Å². The highest BCUT2D eigenvalue weighted by atomic mass is 19.4. The number of aryl methyl sites for hydroxylation is 1. The number of hydrogen-bond acceptors (Lipinski definition) is 4. The van der Waals surface area contributed by atoms with Gasteiger partial charge < -0.3 is 14.2 Å². The molecule has 1 aliphatic heterocycles. The lowest BCUT2D eigenvalue weighted by Crippen LogP contribution is -2.49. The van der Waals surface area contributed by atoms with Crippen molar-refractivity contribution in [2.45, 2.75) is 13.1 Å². The first-order chi connectivity index (χ1) is 13.3. The van der Waals surface area contributed by atoms with Gasteiger partial charge in [-0.2, -0.15) is 13.2 Å². The molecule has 1 aliphatic rings. The molecule has 0 spiro atoms. The Balaban J connectivity index is 1.47. The number of aromatic nitrogens is 3. The second-order valence-corrected chi connectivity index (χ2v) is 6.70. The zero-order valence-electron chi connectivity index (χ0n) is 15.1. The molecule has 1 amide bonds. The lowest BCUT2D eigenvalue weighted by molar-refractivity contribution is -0.141. The predicted molar refractivity (Wildman–Crippen MR) is 97.3 cm³/mol. The summed E-state index contributed by atoms with van der Waals surface area (Å²) in [5.74, 6) is 0.226. The Morgan fingerprint density at radius 3 is 2.50 bits per heavy atom. The fourth-order valence-electron chi connectivity index (χ4n) is 3.35. The van der Waals surface area contributed by atoms with Crippen LogP contribution >= 0.6 is 0 Å². The Kier molecular flexibility index (Phi) is 4.44. The maximum atomic E-state index is 13.0. The fourth-order valence-corrected chi connectivity index (χ4v) is 3.35. The summed E-state index contributed by atoms with van der Waals surface area (Å²) in [6.45, 7) is 3.08. The van der Waals surface area contributed by atoms with Crippen molar-refractivity contribution in [2.24, 2.45) is 0 Å². The molecular weight excluding hydrogens is 371 g/mol. The monoisotopic (exact) mass is 389 g/mol. The minimum absolute atomic E-state index is 0.0730. The van der Waals surface area contributed by atoms with Gasteiger partial charge in [0.25, 0.3) is 5.91 Å². The van der Waals surface area contributed by atoms with E-state index in [0.29, 0.717) is 31.7 Å². The maximum absolute atomic E-state index is 13.0. The van der Waals surface area contributed by atoms with E-state index in [9.17, 15) is 18.0 Å². The van der Waals surface area contributed by atoms with Crippen molar-refractivity contribution in [3.8, 4) is 0 Å². The number of amides is 1. The zero-order valence-corrected chi connectivity index (χ0v) is 15.1. The van der Waals surface area contributed by atoms with Gasteiger partial charge in [-0.3, -0.25) is 4.79 Å². The SMILES string of the molecule is Cc1nc(N2CCN(C(=O)c3cc4ccccn4c3)CC2)cc(C(F)(F)F)n1. The molecule has 0 radical (unpaired) electrons. The lowest BCUT2D eigenvalue weighted by Gasteiger charge is -2.35. The van der Waals surface area contributed by atoms with Gasteiger partial charge in [-0.1, -0.05) is 6.07 Å². The number of carbonyl (C=O) groups is 1. The zero-order chi connectivity index (χ0) is 19.9. The van der Waals surface area contributed by atoms with Crippen molar-refractivity contribution in [3.05, 3.63) is 59.8 Å². The second kappa shape index (κ2) is 6.81. The molecule has 0 bridgehead atoms. The molecular formula is C19H18F3N5O. The molecule has 28 heavy (non-hydrogen) atoms. The van der Waals surface area contributed by atoms with E-state index in [1.807, 2.05) is 34.9 Å². The minimum Gasteiger partial charge on any atom is -0.353 e. The highest BCUT2D eigenvalue weighted by Crippen LogP contribution is 2.30. The van der Waals surface area contributed by atoms with Gasteiger partial charge in [0.15, 0.2) is 0 Å². The molecule has 3 aromatic rings. The van der Waals surface area contributed by atoms with Crippen molar-refractivity contribution < 1.29 is 18.0 Å². The lowest BCUT2D eigenvalue weighted by atomic mass is 10.2. The summed E-state index contributed by atoms with van der Waals surface area (Å²) in [6, 6.07) is 8.51. The minimum atomic E-state index is -4.52. The molecule has 9 heteroatoms. The number of hydrogen-bond donors (Lipinski definition) is 0. The average molecular weight is 389 g/mol. The van der Waals surface area contributed by atoms with Crippen molar-refractivity contribution in [2.75, 3.05) is 31.1 Å². The van der Waals surface area contributed by atoms with E-state index in [1.165, 1.54) is 6.92 Å². The van der Waals surface area contributed by atoms with Crippen molar-refractivity contribution in [1.29, 1.82) is 0 Å². The Morgan fingerprint density at radius 1 is 1.07 bits per heavy atom. The average Bonchev–Trinajstić information content (AvgIpc) is 3.10. The molecule has 146 valence electrons. The normalized spacial score (nSPS) is 15.3. The fraction of sp³-hybridized carbons (Fsp3) is 0.316. The summed E-state index contributed by atoms with van der Waals surface area (Å²) in [5, 5.41) is 0. The van der Waals surface area contributed by atoms with Gasteiger partial charge in [0, 0.05) is 50.2 Å². The van der Waals surface area contributed by atoms with E-state index >= 15 is 0 Å². The number of piperazine rings is 1. The van der Waals surface area contributed by atoms with Crippen LogP contribution in [0.2, 0.25) is 0 Å². The number of carbonyl (C=O) groups excluding carboxylic acids is 1. The quantitative estimate of drug-likeness (QED) is 0.676. The summed E-state index contributed by atoms with van der Waals surface area (Å²) in [6.07, 6.45) is -0.856. The summed E-state index contributed by atoms with van der Waals surface area (Å²) in [4.78, 5) is 23.8. The Labute approximate surface area is 159 Å². The van der Waals surface area contributed by atoms with Crippen molar-refractivity contribution >= 4 is 17.2 Å². The second-order valence-electron chi connectivity index (χ2n) is 6.70. The van der Waals surface area contributed by atoms with E-state index in [0.717, 1.165) is 11.6 Å². The smallest absolute Gasteiger partial charge is 0.353 e. The first kappa shape index (κ1) is 18.3. The van der Waals surface area contributed by atoms with E-state index in [1.54, 1.807) is 16.0 Å². The van der Waals surface area contributed by atoms with Gasteiger partial charge in [-0.15, -0.1) is 0 Å². The number of anilines is 1. The van der Waals surface area contributed by atoms with Crippen molar-refractivity contribution in [1.82, 2.24) is 19.3 Å². The van der Waals surface area contributed by atoms with E-state index in [4.69, 9.17) is 0 Å². The number of halogens is 3. The topological polar surface area (TPSA) is 53.7 Å². The molecule has 0 N–H and O–H groups in total. The highest BCUT2D eigenvalue weighted by molar-refractivity contribution is 5.95. The standard InChI is InChI=1S/C19H18F3N5O/c1-13-23-16(19(20,21)22)11-17(24-13)25-6-8-26(9-7-25)18(28)14-10-15-4-2-3-5-27(15)12-14/h2-5,10-12H,6-9H2,1H3. The molecule has 4 rings (SSSR count). The molecule has 0 saturated carbocycles. The number of nitrogens with zero attached hydrogens (tertiary/aromatic N) is 5. The predicted octanol–water partition coefficient (Wildman–Crippen LogP) is 3.02. The number of alkyl halides is 3. The van der Waals surface area contributed by atoms with Crippen LogP contribution in [0.3, 0.4) is 0 Å². The molecule has 1 saturated heterocycles. The van der Waals surface area contributed by atoms with Crippen LogP contribution in [0.1, 0.15) is 21.9 Å². The van der Waals surface area contributed by atoms with Crippen LogP contribution in [0.4, 0.5) is 19.0 Å². The van der Waals surface area contributed by atoms with Gasteiger partial charge in [0.1, 0.15) is 17.3 Å². The number of pyridine rings is 1. The number of fused-ring (bicyclic) bond motifs is 1. The van der Waals surface area contributed by atoms with Crippen molar-refractivity contribution in [3.63, 3.8) is 0 Å². The van der Waals surface area contributed by atoms with Crippen LogP contribution in [0.15, 0.2) is 42.7 Å². The first-order valence-corrected chi connectivity index (χ1v) is 8.85. The Hall–Kier alpha value is -3.10. The summed E-state index contributed by atoms with van der Waals surface area (Å²) in [7, 11) is 0. The number of rotatable bonds is 2. The largest absolute Gasteiger partial charge is 0.433 e. The highest BCUT2D eigenvalue weighted by Gasteiger charge is 2.34. The molecule has 3 aromatic heterocycles. The van der Waals surface area contributed by atoms with Gasteiger partial charge in [-0.25, -0.2) is 9.97 Å². The molecule has 6 nitrogen and oxygen atoms in total. The summed E-state index contributed by atoms with van der Waals surface area (Å²) < 4.78 is 40.9. The van der Waals surface area contributed by atoms with Crippen LogP contribution in [0, 0.1) is 6.92 Å². The summed E-state index contributed by atoms with van der Waals surface area (Å²) >= 11 is 0. The van der Waals surface area contributed by atoms with Gasteiger partial charge >= 0.3 is 6.18 Å². The molecule has 0 atom stereocenters. The van der Waals surface area contributed by atoms with E-state index in [2.05, 4.69) is 9.97 Å². The van der Waals surface area contributed by atoms with E-state index in [-0.39, 0.29) is 17.5 Å². The third-order valence-electron chi connectivity index (χ3n) is 4.76. The molecule has 4 heterocycles. The molecule has 1 fully saturated rings. The summed E-state index contributed by atoms with van der Waals surface area (Å²) in [5.41, 5.74) is 0.575. The Bertz CT molecular complexity index is 989. The van der Waals surface area contributed by atoms with Crippen LogP contribution in [0.25, 0.3) is 5.52 Å². The molecule has 0 aromatic carbocycles. The van der Waals surface area contributed by atoms with Gasteiger partial charge in [-0.05, 0) is 25.1 Å². The first-order valence-electron chi connectivity index (χ1n) is 8.85. The van der Waals surface area contributed by atoms with Gasteiger partial charge in [0.05, 0.1) is 5.56 Å². The third-order valence-corrected chi connectivity index (χ3v) is 4.76. The third kappa shape index (κ3) is 3.51. The maximum Gasteiger partial charge on any atom is 0.433 e. The molecule has 0 aliphatic carbocycles. The Morgan fingerprint density at radius 2 is 1.82 bits per heavy atom. The van der Waals surface area contributed by atoms with Crippen LogP contribution in [-0.2, 0) is 6.18 Å². The molecule has 0 unspecified atom stereocenters. The van der Waals surface area contributed by atoms with Crippen LogP contribution in [0.5, 0.6) is 0 Å². The van der Waals surface area contributed by atoms with Crippen LogP contribution < -0.4 is 4.90 Å². The van der Waals surface area contributed by atoms with Gasteiger partial charge in [0.2, 0.25) is 0 Å².